The van der Waals surface area contributed by atoms with Crippen LogP contribution in [-0.4, -0.2) is 20.4 Å². The number of unbranched alkanes of at least 4 members (excludes halogenated alkanes) is 1. The summed E-state index contributed by atoms with van der Waals surface area (Å²) in [6.45, 7) is 8.11. The molecular formula is C16H26OSi. The molecule has 0 aromatic heterocycles. The summed E-state index contributed by atoms with van der Waals surface area (Å²) in [5, 5.41) is 11.6. The molecule has 18 heavy (non-hydrogen) atoms. The second kappa shape index (κ2) is 8.28. The van der Waals surface area contributed by atoms with Crippen LogP contribution < -0.4 is 5.19 Å². The number of aliphatic hydroxyl groups is 1. The van der Waals surface area contributed by atoms with Crippen LogP contribution in [0.4, 0.5) is 0 Å². The minimum absolute atomic E-state index is 0.0782. The van der Waals surface area contributed by atoms with Gasteiger partial charge >= 0.3 is 0 Å². The van der Waals surface area contributed by atoms with Crippen molar-refractivity contribution in [2.75, 3.05) is 0 Å². The topological polar surface area (TPSA) is 20.2 Å². The second-order valence-electron chi connectivity index (χ2n) is 5.44. The number of aliphatic hydroxyl groups excluding tert-OH is 1. The van der Waals surface area contributed by atoms with Crippen LogP contribution in [0.2, 0.25) is 0 Å². The third-order valence-corrected chi connectivity index (χ3v) is 5.11. The third-order valence-electron chi connectivity index (χ3n) is 3.17. The molecule has 1 N–H and O–H groups in total. The van der Waals surface area contributed by atoms with Gasteiger partial charge < -0.3 is 5.11 Å². The highest BCUT2D eigenvalue weighted by molar-refractivity contribution is 6.55. The van der Waals surface area contributed by atoms with Gasteiger partial charge in [-0.3, -0.25) is 0 Å². The molecule has 2 heteroatoms. The summed E-state index contributed by atoms with van der Waals surface area (Å²) >= 11 is 0. The van der Waals surface area contributed by atoms with Gasteiger partial charge in [0.25, 0.3) is 0 Å². The lowest BCUT2D eigenvalue weighted by Gasteiger charge is -2.15. The lowest BCUT2D eigenvalue weighted by molar-refractivity contribution is 0.223. The lowest BCUT2D eigenvalue weighted by atomic mass is 10.1. The van der Waals surface area contributed by atoms with Crippen molar-refractivity contribution in [1.82, 2.24) is 0 Å². The molecule has 1 nitrogen and oxygen atoms in total. The number of benzene rings is 1. The van der Waals surface area contributed by atoms with Crippen LogP contribution in [0.15, 0.2) is 36.9 Å². The average Bonchev–Trinajstić information content (AvgIpc) is 2.30. The van der Waals surface area contributed by atoms with Crippen molar-refractivity contribution in [2.24, 2.45) is 5.92 Å². The van der Waals surface area contributed by atoms with E-state index >= 15 is 0 Å². The van der Waals surface area contributed by atoms with E-state index in [1.165, 1.54) is 10.8 Å². The number of hydrogen-bond donors (Lipinski definition) is 1. The number of rotatable bonds is 8. The molecule has 0 amide bonds. The number of aryl methyl sites for hydroxylation is 1. The molecule has 0 aliphatic rings. The monoisotopic (exact) mass is 262 g/mol. The van der Waals surface area contributed by atoms with Crippen LogP contribution in [0, 0.1) is 5.92 Å². The summed E-state index contributed by atoms with van der Waals surface area (Å²) in [5.74, 6) is 0.584. The van der Waals surface area contributed by atoms with E-state index in [0.29, 0.717) is 5.92 Å². The molecule has 0 heterocycles. The first kappa shape index (κ1) is 15.2. The first-order valence-electron chi connectivity index (χ1n) is 6.99. The highest BCUT2D eigenvalue weighted by atomic mass is 28.2. The molecular weight excluding hydrogens is 236 g/mol. The summed E-state index contributed by atoms with van der Waals surface area (Å²) in [7, 11) is -0.563. The van der Waals surface area contributed by atoms with Gasteiger partial charge in [-0.1, -0.05) is 49.4 Å². The zero-order chi connectivity index (χ0) is 13.4. The fourth-order valence-electron chi connectivity index (χ4n) is 2.32. The summed E-state index contributed by atoms with van der Waals surface area (Å²) in [5.41, 5.74) is 1.36. The average molecular weight is 262 g/mol. The van der Waals surface area contributed by atoms with Gasteiger partial charge in [0.05, 0.1) is 9.52 Å². The molecule has 1 atom stereocenters. The zero-order valence-electron chi connectivity index (χ0n) is 11.7. The lowest BCUT2D eigenvalue weighted by Crippen LogP contribution is -2.31. The molecule has 1 unspecified atom stereocenters. The Labute approximate surface area is 114 Å². The summed E-state index contributed by atoms with van der Waals surface area (Å²) in [4.78, 5) is 0. The van der Waals surface area contributed by atoms with Crippen molar-refractivity contribution in [3.05, 3.63) is 42.5 Å². The second-order valence-corrected chi connectivity index (χ2v) is 7.55. The maximum absolute atomic E-state index is 10.1. The maximum Gasteiger partial charge on any atom is 0.0887 e. The van der Waals surface area contributed by atoms with E-state index in [-0.39, 0.29) is 5.73 Å². The first-order chi connectivity index (χ1) is 8.63. The third kappa shape index (κ3) is 5.65. The van der Waals surface area contributed by atoms with Crippen molar-refractivity contribution < 1.29 is 5.11 Å². The van der Waals surface area contributed by atoms with E-state index < -0.39 is 9.52 Å². The van der Waals surface area contributed by atoms with Crippen LogP contribution in [-0.2, 0) is 6.42 Å². The minimum atomic E-state index is -0.563. The van der Waals surface area contributed by atoms with Crippen molar-refractivity contribution in [3.8, 4) is 0 Å². The van der Waals surface area contributed by atoms with Crippen molar-refractivity contribution >= 4 is 14.7 Å². The Morgan fingerprint density at radius 1 is 1.33 bits per heavy atom. The highest BCUT2D eigenvalue weighted by Gasteiger charge is 2.11. The standard InChI is InChI=1S/C16H26OSi/c1-4-5-6-9-14-10-7-8-11-15(14)18-16(17)12-13(2)3/h4,7-8,10-11,13,16-17H,1,5-6,9,12,18H2,2-3H3. The van der Waals surface area contributed by atoms with Gasteiger partial charge in [0.15, 0.2) is 0 Å². The Hall–Kier alpha value is -0.863. The van der Waals surface area contributed by atoms with Crippen LogP contribution in [0.3, 0.4) is 0 Å². The molecule has 1 rings (SSSR count). The van der Waals surface area contributed by atoms with E-state index in [9.17, 15) is 5.11 Å². The SMILES string of the molecule is C=CCCCc1ccccc1[SiH2]C(O)CC(C)C. The smallest absolute Gasteiger partial charge is 0.0887 e. The van der Waals surface area contributed by atoms with Crippen LogP contribution in [0.5, 0.6) is 0 Å². The molecule has 0 saturated heterocycles. The quantitative estimate of drug-likeness (QED) is 0.433. The van der Waals surface area contributed by atoms with Gasteiger partial charge in [-0.15, -0.1) is 6.58 Å². The predicted molar refractivity (Wildman–Crippen MR) is 83.2 cm³/mol. The summed E-state index contributed by atoms with van der Waals surface area (Å²) in [6, 6.07) is 8.63. The molecule has 1 aromatic rings. The van der Waals surface area contributed by atoms with E-state index in [0.717, 1.165) is 25.7 Å². The van der Waals surface area contributed by atoms with Crippen molar-refractivity contribution in [1.29, 1.82) is 0 Å². The van der Waals surface area contributed by atoms with E-state index in [4.69, 9.17) is 0 Å². The molecule has 0 spiro atoms. The Kier molecular flexibility index (Phi) is 6.99. The Balaban J connectivity index is 2.60. The van der Waals surface area contributed by atoms with Crippen molar-refractivity contribution in [2.45, 2.75) is 45.3 Å². The predicted octanol–water partition coefficient (Wildman–Crippen LogP) is 2.35. The van der Waals surface area contributed by atoms with Gasteiger partial charge in [0.1, 0.15) is 0 Å². The van der Waals surface area contributed by atoms with Gasteiger partial charge in [0.2, 0.25) is 0 Å². The fraction of sp³-hybridized carbons (Fsp3) is 0.500. The van der Waals surface area contributed by atoms with Crippen LogP contribution >= 0.6 is 0 Å². The Bertz CT molecular complexity index is 360. The summed E-state index contributed by atoms with van der Waals surface area (Å²) in [6.07, 6.45) is 6.27. The molecule has 0 radical (unpaired) electrons. The van der Waals surface area contributed by atoms with Gasteiger partial charge in [-0.25, -0.2) is 0 Å². The van der Waals surface area contributed by atoms with Crippen LogP contribution in [0.25, 0.3) is 0 Å². The van der Waals surface area contributed by atoms with Gasteiger partial charge in [-0.2, -0.15) is 0 Å². The molecule has 100 valence electrons. The van der Waals surface area contributed by atoms with E-state index in [1.807, 2.05) is 6.08 Å². The highest BCUT2D eigenvalue weighted by Crippen LogP contribution is 2.07. The molecule has 0 fully saturated rings. The number of allylic oxidation sites excluding steroid dienone is 1. The largest absolute Gasteiger partial charge is 0.397 e. The molecule has 0 aliphatic carbocycles. The first-order valence-corrected chi connectivity index (χ1v) is 8.51. The fourth-order valence-corrected chi connectivity index (χ4v) is 4.49. The molecule has 0 bridgehead atoms. The number of hydrogen-bond acceptors (Lipinski definition) is 1. The molecule has 0 aliphatic heterocycles. The molecule has 1 aromatic carbocycles. The van der Waals surface area contributed by atoms with Crippen LogP contribution in [0.1, 0.15) is 38.7 Å². The van der Waals surface area contributed by atoms with Gasteiger partial charge in [0, 0.05) is 5.73 Å². The normalized spacial score (nSPS) is 13.3. The Morgan fingerprint density at radius 3 is 2.72 bits per heavy atom. The Morgan fingerprint density at radius 2 is 2.06 bits per heavy atom. The van der Waals surface area contributed by atoms with E-state index in [1.54, 1.807) is 0 Å². The summed E-state index contributed by atoms with van der Waals surface area (Å²) < 4.78 is 0. The van der Waals surface area contributed by atoms with Crippen molar-refractivity contribution in [3.63, 3.8) is 0 Å². The molecule has 0 saturated carbocycles. The minimum Gasteiger partial charge on any atom is -0.397 e. The maximum atomic E-state index is 10.1. The van der Waals surface area contributed by atoms with Gasteiger partial charge in [-0.05, 0) is 37.2 Å². The zero-order valence-corrected chi connectivity index (χ0v) is 13.1. The van der Waals surface area contributed by atoms with E-state index in [2.05, 4.69) is 44.7 Å².